The van der Waals surface area contributed by atoms with Gasteiger partial charge in [0.05, 0.1) is 0 Å². The number of oxime groups is 1. The highest BCUT2D eigenvalue weighted by molar-refractivity contribution is 9.10. The fourth-order valence-electron chi connectivity index (χ4n) is 1.18. The van der Waals surface area contributed by atoms with Gasteiger partial charge < -0.3 is 10.9 Å². The van der Waals surface area contributed by atoms with Crippen LogP contribution in [0.15, 0.2) is 32.7 Å². The summed E-state index contributed by atoms with van der Waals surface area (Å²) in [5.74, 6) is 0.743. The van der Waals surface area contributed by atoms with Gasteiger partial charge in [-0.3, -0.25) is 0 Å². The lowest BCUT2D eigenvalue weighted by molar-refractivity contribution is 0.318. The molecule has 3 nitrogen and oxygen atoms in total. The summed E-state index contributed by atoms with van der Waals surface area (Å²) in [4.78, 5) is 1.17. The monoisotopic (exact) mass is 316 g/mol. The molecule has 0 aliphatic rings. The van der Waals surface area contributed by atoms with E-state index in [0.717, 1.165) is 4.47 Å². The normalized spacial score (nSPS) is 14.1. The van der Waals surface area contributed by atoms with Crippen LogP contribution in [0.4, 0.5) is 0 Å². The molecule has 1 unspecified atom stereocenters. The highest BCUT2D eigenvalue weighted by atomic mass is 79.9. The number of nitrogens with zero attached hydrogens (tertiary/aromatic N) is 1. The molecule has 0 saturated heterocycles. The molecule has 0 aliphatic heterocycles. The van der Waals surface area contributed by atoms with E-state index in [1.54, 1.807) is 0 Å². The van der Waals surface area contributed by atoms with Gasteiger partial charge in [-0.1, -0.05) is 25.9 Å². The van der Waals surface area contributed by atoms with E-state index in [0.29, 0.717) is 16.7 Å². The van der Waals surface area contributed by atoms with Crippen molar-refractivity contribution in [2.75, 3.05) is 0 Å². The molecule has 1 aromatic carbocycles. The first-order valence-electron chi connectivity index (χ1n) is 5.39. The van der Waals surface area contributed by atoms with Crippen LogP contribution in [-0.2, 0) is 0 Å². The molecule has 0 aliphatic carbocycles. The topological polar surface area (TPSA) is 58.6 Å². The second-order valence-corrected chi connectivity index (χ2v) is 6.50. The second-order valence-electron chi connectivity index (χ2n) is 4.19. The number of halogens is 1. The van der Waals surface area contributed by atoms with Crippen molar-refractivity contribution in [3.8, 4) is 0 Å². The fourth-order valence-corrected chi connectivity index (χ4v) is 2.95. The van der Waals surface area contributed by atoms with E-state index in [9.17, 15) is 0 Å². The molecule has 1 atom stereocenters. The van der Waals surface area contributed by atoms with E-state index in [2.05, 4.69) is 41.9 Å². The number of hydrogen-bond acceptors (Lipinski definition) is 3. The molecule has 5 heteroatoms. The molecule has 0 bridgehead atoms. The maximum absolute atomic E-state index is 8.64. The number of hydrogen-bond donors (Lipinski definition) is 2. The molecule has 0 amide bonds. The Bertz CT molecular complexity index is 421. The Hall–Kier alpha value is -0.680. The smallest absolute Gasteiger partial charge is 0.171 e. The lowest BCUT2D eigenvalue weighted by Gasteiger charge is -2.15. The van der Waals surface area contributed by atoms with E-state index in [1.165, 1.54) is 4.90 Å². The van der Waals surface area contributed by atoms with Gasteiger partial charge >= 0.3 is 0 Å². The summed E-state index contributed by atoms with van der Waals surface area (Å²) in [5, 5.41) is 12.2. The maximum atomic E-state index is 8.64. The second kappa shape index (κ2) is 6.31. The Labute approximate surface area is 115 Å². The van der Waals surface area contributed by atoms with Gasteiger partial charge in [0.25, 0.3) is 0 Å². The molecule has 0 radical (unpaired) electrons. The van der Waals surface area contributed by atoms with Crippen LogP contribution < -0.4 is 5.73 Å². The Morgan fingerprint density at radius 2 is 2.06 bits per heavy atom. The first-order valence-corrected chi connectivity index (χ1v) is 7.07. The molecule has 1 rings (SSSR count). The predicted molar refractivity (Wildman–Crippen MR) is 76.8 cm³/mol. The summed E-state index contributed by atoms with van der Waals surface area (Å²) in [7, 11) is 0. The van der Waals surface area contributed by atoms with E-state index in [4.69, 9.17) is 10.9 Å². The SMILES string of the molecule is CC(C)C(C)Sc1ccc(/C(N)=N/O)c(Br)c1. The summed E-state index contributed by atoms with van der Waals surface area (Å²) >= 11 is 5.25. The van der Waals surface area contributed by atoms with Gasteiger partial charge in [-0.2, -0.15) is 0 Å². The van der Waals surface area contributed by atoms with Crippen molar-refractivity contribution in [1.82, 2.24) is 0 Å². The zero-order valence-electron chi connectivity index (χ0n) is 10.1. The quantitative estimate of drug-likeness (QED) is 0.293. The predicted octanol–water partition coefficient (Wildman–Crippen LogP) is 3.68. The van der Waals surface area contributed by atoms with E-state index >= 15 is 0 Å². The van der Waals surface area contributed by atoms with Gasteiger partial charge in [-0.05, 0) is 40.0 Å². The Morgan fingerprint density at radius 3 is 2.53 bits per heavy atom. The third-order valence-corrected chi connectivity index (χ3v) is 4.68. The van der Waals surface area contributed by atoms with Gasteiger partial charge in [0.15, 0.2) is 5.84 Å². The number of benzene rings is 1. The molecule has 0 saturated carbocycles. The molecule has 0 aromatic heterocycles. The summed E-state index contributed by atoms with van der Waals surface area (Å²) in [6.45, 7) is 6.62. The van der Waals surface area contributed by atoms with Crippen LogP contribution >= 0.6 is 27.7 Å². The molecule has 17 heavy (non-hydrogen) atoms. The van der Waals surface area contributed by atoms with Gasteiger partial charge in [-0.25, -0.2) is 0 Å². The zero-order valence-corrected chi connectivity index (χ0v) is 12.5. The van der Waals surface area contributed by atoms with Crippen molar-refractivity contribution >= 4 is 33.5 Å². The number of thioether (sulfide) groups is 1. The van der Waals surface area contributed by atoms with Crippen molar-refractivity contribution in [1.29, 1.82) is 0 Å². The van der Waals surface area contributed by atoms with Crippen LogP contribution in [0.3, 0.4) is 0 Å². The van der Waals surface area contributed by atoms with Crippen molar-refractivity contribution in [2.24, 2.45) is 16.8 Å². The number of amidine groups is 1. The van der Waals surface area contributed by atoms with Crippen LogP contribution in [0.25, 0.3) is 0 Å². The highest BCUT2D eigenvalue weighted by Crippen LogP contribution is 2.30. The van der Waals surface area contributed by atoms with E-state index < -0.39 is 0 Å². The Kier molecular flexibility index (Phi) is 5.33. The van der Waals surface area contributed by atoms with E-state index in [-0.39, 0.29) is 5.84 Å². The van der Waals surface area contributed by atoms with Crippen LogP contribution in [0.5, 0.6) is 0 Å². The third kappa shape index (κ3) is 3.92. The van der Waals surface area contributed by atoms with Crippen molar-refractivity contribution < 1.29 is 5.21 Å². The van der Waals surface area contributed by atoms with Gasteiger partial charge in [0.2, 0.25) is 0 Å². The van der Waals surface area contributed by atoms with E-state index in [1.807, 2.05) is 30.0 Å². The zero-order chi connectivity index (χ0) is 13.0. The molecular weight excluding hydrogens is 300 g/mol. The fraction of sp³-hybridized carbons (Fsp3) is 0.417. The molecule has 94 valence electrons. The summed E-state index contributed by atoms with van der Waals surface area (Å²) in [5.41, 5.74) is 6.26. The average Bonchev–Trinajstić information content (AvgIpc) is 2.28. The van der Waals surface area contributed by atoms with Crippen molar-refractivity contribution in [3.05, 3.63) is 28.2 Å². The number of nitrogens with two attached hydrogens (primary N) is 1. The minimum atomic E-state index is 0.116. The molecule has 1 aromatic rings. The third-order valence-electron chi connectivity index (χ3n) is 2.59. The lowest BCUT2D eigenvalue weighted by atomic mass is 10.2. The molecule has 3 N–H and O–H groups in total. The Morgan fingerprint density at radius 1 is 1.41 bits per heavy atom. The van der Waals surface area contributed by atoms with Crippen molar-refractivity contribution in [2.45, 2.75) is 30.9 Å². The van der Waals surface area contributed by atoms with Gasteiger partial charge in [0.1, 0.15) is 0 Å². The Balaban J connectivity index is 2.90. The van der Waals surface area contributed by atoms with Crippen LogP contribution in [-0.4, -0.2) is 16.3 Å². The minimum Gasteiger partial charge on any atom is -0.409 e. The van der Waals surface area contributed by atoms with Crippen LogP contribution in [0, 0.1) is 5.92 Å². The van der Waals surface area contributed by atoms with Crippen LogP contribution in [0.2, 0.25) is 0 Å². The summed E-state index contributed by atoms with van der Waals surface area (Å²) in [6, 6.07) is 5.84. The molecule has 0 fully saturated rings. The largest absolute Gasteiger partial charge is 0.409 e. The van der Waals surface area contributed by atoms with Crippen molar-refractivity contribution in [3.63, 3.8) is 0 Å². The lowest BCUT2D eigenvalue weighted by Crippen LogP contribution is -2.13. The van der Waals surface area contributed by atoms with Crippen LogP contribution in [0.1, 0.15) is 26.3 Å². The van der Waals surface area contributed by atoms with Gasteiger partial charge in [0, 0.05) is 20.2 Å². The molecule has 0 heterocycles. The highest BCUT2D eigenvalue weighted by Gasteiger charge is 2.11. The molecule has 0 spiro atoms. The standard InChI is InChI=1S/C12H17BrN2OS/c1-7(2)8(3)17-9-4-5-10(11(13)6-9)12(14)15-16/h4-8,16H,1-3H3,(H2,14,15). The van der Waals surface area contributed by atoms with Gasteiger partial charge in [-0.15, -0.1) is 11.8 Å². The summed E-state index contributed by atoms with van der Waals surface area (Å²) in [6.07, 6.45) is 0. The summed E-state index contributed by atoms with van der Waals surface area (Å²) < 4.78 is 0.841. The average molecular weight is 317 g/mol. The first kappa shape index (κ1) is 14.4. The molecular formula is C12H17BrN2OS. The maximum Gasteiger partial charge on any atom is 0.171 e. The first-order chi connectivity index (χ1) is 7.95. The minimum absolute atomic E-state index is 0.116. The number of rotatable bonds is 4.